The van der Waals surface area contributed by atoms with Crippen molar-refractivity contribution >= 4 is 23.7 Å². The van der Waals surface area contributed by atoms with Crippen LogP contribution in [0.3, 0.4) is 0 Å². The number of nitrogens with one attached hydrogen (secondary N) is 3. The Balaban J connectivity index is 1.79. The van der Waals surface area contributed by atoms with E-state index in [1.54, 1.807) is 12.1 Å². The molecule has 0 fully saturated rings. The lowest BCUT2D eigenvalue weighted by Gasteiger charge is -2.29. The molecular weight excluding hydrogens is 502 g/mol. The number of aliphatic carboxylic acids is 1. The molecule has 2 aliphatic rings. The van der Waals surface area contributed by atoms with Gasteiger partial charge in [0, 0.05) is 25.6 Å². The predicted octanol–water partition coefficient (Wildman–Crippen LogP) is 2.29. The third-order valence-corrected chi connectivity index (χ3v) is 6.63. The number of hydrogen-bond acceptors (Lipinski definition) is 7. The van der Waals surface area contributed by atoms with E-state index in [9.17, 15) is 19.5 Å². The normalized spacial score (nSPS) is 20.4. The molecule has 0 saturated heterocycles. The summed E-state index contributed by atoms with van der Waals surface area (Å²) in [4.78, 5) is 42.7. The summed E-state index contributed by atoms with van der Waals surface area (Å²) in [7, 11) is 0. The van der Waals surface area contributed by atoms with Crippen LogP contribution in [0.5, 0.6) is 5.75 Å². The van der Waals surface area contributed by atoms with Gasteiger partial charge in [0.15, 0.2) is 0 Å². The van der Waals surface area contributed by atoms with Crippen LogP contribution in [0.2, 0.25) is 0 Å². The summed E-state index contributed by atoms with van der Waals surface area (Å²) < 4.78 is 11.6. The molecule has 0 saturated carbocycles. The van der Waals surface area contributed by atoms with E-state index in [1.807, 2.05) is 38.1 Å². The number of rotatable bonds is 6. The van der Waals surface area contributed by atoms with Crippen LogP contribution in [0, 0.1) is 5.92 Å². The summed E-state index contributed by atoms with van der Waals surface area (Å²) in [5.74, 6) is -0.511. The first-order valence-electron chi connectivity index (χ1n) is 13.2. The highest BCUT2D eigenvalue weighted by Crippen LogP contribution is 2.17. The number of nitrogens with two attached hydrogens (primary N) is 1. The minimum atomic E-state index is -1.66. The van der Waals surface area contributed by atoms with Gasteiger partial charge in [0.05, 0.1) is 19.3 Å². The summed E-state index contributed by atoms with van der Waals surface area (Å²) in [6.07, 6.45) is 3.31. The van der Waals surface area contributed by atoms with Gasteiger partial charge in [-0.25, -0.2) is 14.6 Å². The van der Waals surface area contributed by atoms with Gasteiger partial charge in [-0.15, -0.1) is 0 Å². The number of urea groups is 1. The number of pyridine rings is 1. The molecule has 0 aliphatic carbocycles. The highest BCUT2D eigenvalue weighted by Gasteiger charge is 2.36. The summed E-state index contributed by atoms with van der Waals surface area (Å²) >= 11 is 0. The van der Waals surface area contributed by atoms with Gasteiger partial charge in [0.25, 0.3) is 0 Å². The number of nitrogen functional groups attached to an aromatic ring is 1. The number of carboxylic acids is 1. The minimum Gasteiger partial charge on any atom is -0.494 e. The Bertz CT molecular complexity index is 1110. The Hall–Kier alpha value is -3.86. The van der Waals surface area contributed by atoms with E-state index in [2.05, 4.69) is 20.9 Å². The maximum absolute atomic E-state index is 13.4. The Labute approximate surface area is 228 Å². The first-order valence-corrected chi connectivity index (χ1v) is 13.2. The third kappa shape index (κ3) is 9.13. The van der Waals surface area contributed by atoms with E-state index in [1.165, 1.54) is 13.1 Å². The lowest BCUT2D eigenvalue weighted by Crippen LogP contribution is -2.60. The Morgan fingerprint density at radius 2 is 1.90 bits per heavy atom. The maximum atomic E-state index is 13.4. The van der Waals surface area contributed by atoms with Crippen molar-refractivity contribution in [3.8, 4) is 5.75 Å². The van der Waals surface area contributed by atoms with Crippen LogP contribution in [0.25, 0.3) is 0 Å². The number of anilines is 1. The van der Waals surface area contributed by atoms with Crippen molar-refractivity contribution in [2.45, 2.75) is 64.1 Å². The van der Waals surface area contributed by atoms with Crippen LogP contribution in [-0.2, 0) is 27.2 Å². The Kier molecular flexibility index (Phi) is 10.5. The van der Waals surface area contributed by atoms with E-state index in [0.717, 1.165) is 18.4 Å². The van der Waals surface area contributed by atoms with Crippen molar-refractivity contribution in [3.63, 3.8) is 0 Å². The monoisotopic (exact) mass is 541 g/mol. The lowest BCUT2D eigenvalue weighted by atomic mass is 9.93. The summed E-state index contributed by atoms with van der Waals surface area (Å²) in [6.45, 7) is 6.82. The number of carbonyl (C=O) groups is 3. The predicted molar refractivity (Wildman–Crippen MR) is 146 cm³/mol. The van der Waals surface area contributed by atoms with Crippen LogP contribution >= 0.6 is 0 Å². The van der Waals surface area contributed by atoms with Gasteiger partial charge >= 0.3 is 12.0 Å². The molecule has 3 heterocycles. The fourth-order valence-electron chi connectivity index (χ4n) is 4.12. The zero-order valence-electron chi connectivity index (χ0n) is 22.7. The van der Waals surface area contributed by atoms with E-state index in [0.29, 0.717) is 37.0 Å². The fraction of sp³-hybridized carbons (Fsp3) is 0.500. The van der Waals surface area contributed by atoms with Gasteiger partial charge in [0.2, 0.25) is 5.91 Å². The van der Waals surface area contributed by atoms with E-state index >= 15 is 0 Å². The molecule has 11 nitrogen and oxygen atoms in total. The summed E-state index contributed by atoms with van der Waals surface area (Å²) in [6, 6.07) is 8.54. The molecule has 2 aromatic rings. The van der Waals surface area contributed by atoms with Crippen molar-refractivity contribution in [2.75, 3.05) is 25.6 Å². The number of amides is 3. The van der Waals surface area contributed by atoms with Crippen molar-refractivity contribution < 1.29 is 29.0 Å². The number of benzene rings is 1. The molecule has 2 bridgehead atoms. The molecule has 0 radical (unpaired) electrons. The summed E-state index contributed by atoms with van der Waals surface area (Å²) in [5.41, 5.74) is 5.35. The van der Waals surface area contributed by atoms with Gasteiger partial charge in [-0.05, 0) is 55.0 Å². The molecule has 0 spiro atoms. The molecule has 1 aromatic heterocycles. The topological polar surface area (TPSA) is 165 Å². The highest BCUT2D eigenvalue weighted by molar-refractivity contribution is 5.90. The van der Waals surface area contributed by atoms with Crippen LogP contribution in [0.15, 0.2) is 42.6 Å². The number of carbonyl (C=O) groups excluding carboxylic acids is 2. The first-order chi connectivity index (χ1) is 18.6. The van der Waals surface area contributed by atoms with Gasteiger partial charge in [-0.1, -0.05) is 32.0 Å². The molecule has 212 valence electrons. The average Bonchev–Trinajstić information content (AvgIpc) is 2.88. The van der Waals surface area contributed by atoms with Crippen molar-refractivity contribution in [2.24, 2.45) is 5.92 Å². The third-order valence-electron chi connectivity index (χ3n) is 6.63. The van der Waals surface area contributed by atoms with Crippen LogP contribution < -0.4 is 26.4 Å². The Morgan fingerprint density at radius 3 is 2.54 bits per heavy atom. The number of aromatic nitrogens is 1. The minimum absolute atomic E-state index is 0.0336. The number of nitrogens with zero attached hydrogens (tertiary/aromatic N) is 1. The van der Waals surface area contributed by atoms with Gasteiger partial charge in [-0.2, -0.15) is 0 Å². The van der Waals surface area contributed by atoms with Gasteiger partial charge in [-0.3, -0.25) is 4.79 Å². The lowest BCUT2D eigenvalue weighted by molar-refractivity contribution is -0.143. The molecule has 11 heteroatoms. The largest absolute Gasteiger partial charge is 0.494 e. The second kappa shape index (κ2) is 13.8. The number of ether oxygens (including phenoxy) is 2. The smallest absolute Gasteiger partial charge is 0.329 e. The van der Waals surface area contributed by atoms with Crippen molar-refractivity contribution in [1.29, 1.82) is 0 Å². The molecule has 1 aromatic carbocycles. The van der Waals surface area contributed by atoms with Gasteiger partial charge < -0.3 is 36.3 Å². The standard InChI is InChI=1S/C28H39N5O6/c1-18(2)23-17-38-12-4-5-13-39-21-9-6-19(7-10-21)14-22(25(34)31-23)32-27(37)33-28(3,26(35)36)15-20-8-11-24(29)30-16-20/h6-11,16,18,22-23H,4-5,12-15,17H2,1-3H3,(H2,29,30)(H,31,34)(H,35,36)(H2,32,33,37). The number of hydrogen-bond donors (Lipinski definition) is 5. The second-order valence-corrected chi connectivity index (χ2v) is 10.4. The molecule has 3 atom stereocenters. The molecule has 39 heavy (non-hydrogen) atoms. The zero-order valence-corrected chi connectivity index (χ0v) is 22.7. The Morgan fingerprint density at radius 1 is 1.18 bits per heavy atom. The number of fused-ring (bicyclic) bond motifs is 13. The quantitative estimate of drug-likeness (QED) is 0.372. The van der Waals surface area contributed by atoms with E-state index in [-0.39, 0.29) is 30.7 Å². The average molecular weight is 542 g/mol. The molecule has 6 N–H and O–H groups in total. The van der Waals surface area contributed by atoms with Crippen LogP contribution in [0.1, 0.15) is 44.7 Å². The highest BCUT2D eigenvalue weighted by atomic mass is 16.5. The molecule has 3 unspecified atom stereocenters. The molecule has 2 aliphatic heterocycles. The van der Waals surface area contributed by atoms with Crippen molar-refractivity contribution in [3.05, 3.63) is 53.7 Å². The zero-order chi connectivity index (χ0) is 28.4. The second-order valence-electron chi connectivity index (χ2n) is 10.4. The molecule has 4 rings (SSSR count). The first kappa shape index (κ1) is 29.7. The van der Waals surface area contributed by atoms with Crippen molar-refractivity contribution in [1.82, 2.24) is 20.9 Å². The molecule has 3 amide bonds. The maximum Gasteiger partial charge on any atom is 0.329 e. The van der Waals surface area contributed by atoms with E-state index in [4.69, 9.17) is 15.2 Å². The van der Waals surface area contributed by atoms with Crippen LogP contribution in [0.4, 0.5) is 10.6 Å². The van der Waals surface area contributed by atoms with Gasteiger partial charge in [0.1, 0.15) is 23.1 Å². The SMILES string of the molecule is CC(C)C1COCCCCOc2ccc(cc2)CC(NC(=O)NC(C)(Cc2ccc(N)nc2)C(=O)O)C(=O)N1. The van der Waals surface area contributed by atoms with E-state index < -0.39 is 23.6 Å². The summed E-state index contributed by atoms with van der Waals surface area (Å²) in [5, 5.41) is 18.2. The molecular formula is C28H39N5O6. The van der Waals surface area contributed by atoms with Crippen LogP contribution in [-0.4, -0.2) is 65.4 Å². The fourth-order valence-corrected chi connectivity index (χ4v) is 4.12. The number of carboxylic acid groups (broad SMARTS) is 1.